The van der Waals surface area contributed by atoms with E-state index in [1.807, 2.05) is 18.2 Å². The van der Waals surface area contributed by atoms with Gasteiger partial charge in [-0.1, -0.05) is 36.4 Å². The number of nitrogens with two attached hydrogens (primary N) is 1. The molecule has 2 aromatic carbocycles. The molecule has 0 aliphatic rings. The third kappa shape index (κ3) is 4.33. The van der Waals surface area contributed by atoms with E-state index in [4.69, 9.17) is 15.6 Å². The molecule has 0 aliphatic heterocycles. The van der Waals surface area contributed by atoms with Crippen LogP contribution >= 0.6 is 0 Å². The summed E-state index contributed by atoms with van der Waals surface area (Å²) < 4.78 is 4.98. The molecular weight excluding hydrogens is 312 g/mol. The van der Waals surface area contributed by atoms with Crippen LogP contribution in [0.3, 0.4) is 0 Å². The Morgan fingerprint density at radius 2 is 1.67 bits per heavy atom. The van der Waals surface area contributed by atoms with Crippen LogP contribution in [0.1, 0.15) is 26.3 Å². The molecule has 0 radical (unpaired) electrons. The second-order valence-corrected chi connectivity index (χ2v) is 4.91. The van der Waals surface area contributed by atoms with Crippen molar-refractivity contribution in [3.05, 3.63) is 65.2 Å². The first-order chi connectivity index (χ1) is 11.5. The van der Waals surface area contributed by atoms with Crippen LogP contribution in [0.15, 0.2) is 48.5 Å². The fourth-order valence-electron chi connectivity index (χ4n) is 2.02. The molecule has 4 N–H and O–H groups in total. The summed E-state index contributed by atoms with van der Waals surface area (Å²) in [5.41, 5.74) is 6.25. The van der Waals surface area contributed by atoms with Gasteiger partial charge in [-0.15, -0.1) is 0 Å². The summed E-state index contributed by atoms with van der Waals surface area (Å²) in [6.45, 7) is -0.265. The van der Waals surface area contributed by atoms with Gasteiger partial charge in [-0.25, -0.2) is 9.59 Å². The average molecular weight is 328 g/mol. The van der Waals surface area contributed by atoms with E-state index in [9.17, 15) is 14.4 Å². The number of nitrogen functional groups attached to an aromatic ring is 1. The van der Waals surface area contributed by atoms with Gasteiger partial charge in [0.2, 0.25) is 0 Å². The molecule has 2 aromatic rings. The van der Waals surface area contributed by atoms with Crippen molar-refractivity contribution in [1.82, 2.24) is 5.32 Å². The van der Waals surface area contributed by atoms with Gasteiger partial charge in [0.05, 0.1) is 17.8 Å². The molecule has 0 aliphatic carbocycles. The van der Waals surface area contributed by atoms with Gasteiger partial charge in [0, 0.05) is 5.56 Å². The normalized spacial score (nSPS) is 10.0. The van der Waals surface area contributed by atoms with Crippen LogP contribution in [-0.2, 0) is 11.3 Å². The highest BCUT2D eigenvalue weighted by Gasteiger charge is 2.16. The Balaban J connectivity index is 1.90. The van der Waals surface area contributed by atoms with Crippen LogP contribution in [0, 0.1) is 0 Å². The lowest BCUT2D eigenvalue weighted by Crippen LogP contribution is -2.30. The number of nitrogens with one attached hydrogen (secondary N) is 1. The molecule has 7 heteroatoms. The first-order valence-electron chi connectivity index (χ1n) is 7.08. The van der Waals surface area contributed by atoms with E-state index in [-0.39, 0.29) is 30.0 Å². The molecule has 0 fully saturated rings. The maximum atomic E-state index is 12.1. The third-order valence-corrected chi connectivity index (χ3v) is 3.24. The molecule has 124 valence electrons. The number of rotatable bonds is 6. The molecule has 0 atom stereocenters. The van der Waals surface area contributed by atoms with Crippen LogP contribution < -0.4 is 11.1 Å². The van der Waals surface area contributed by atoms with Crippen molar-refractivity contribution < 1.29 is 24.2 Å². The molecule has 2 rings (SSSR count). The molecule has 0 bridgehead atoms. The van der Waals surface area contributed by atoms with E-state index in [1.165, 1.54) is 18.2 Å². The lowest BCUT2D eigenvalue weighted by atomic mass is 10.0. The van der Waals surface area contributed by atoms with Crippen molar-refractivity contribution in [2.45, 2.75) is 6.61 Å². The number of anilines is 1. The zero-order valence-electron chi connectivity index (χ0n) is 12.7. The Morgan fingerprint density at radius 3 is 2.33 bits per heavy atom. The number of carbonyl (C=O) groups excluding carboxylic acids is 2. The van der Waals surface area contributed by atoms with Gasteiger partial charge >= 0.3 is 12.1 Å². The smallest absolute Gasteiger partial charge is 0.407 e. The quantitative estimate of drug-likeness (QED) is 0.552. The number of carboxylic acids is 1. The Morgan fingerprint density at radius 1 is 1.00 bits per heavy atom. The van der Waals surface area contributed by atoms with Crippen molar-refractivity contribution in [1.29, 1.82) is 0 Å². The minimum Gasteiger partial charge on any atom is -0.478 e. The highest BCUT2D eigenvalue weighted by molar-refractivity contribution is 6.07. The minimum atomic E-state index is -1.22. The minimum absolute atomic E-state index is 0.0401. The summed E-state index contributed by atoms with van der Waals surface area (Å²) in [5, 5.41) is 11.3. The zero-order valence-corrected chi connectivity index (χ0v) is 12.7. The van der Waals surface area contributed by atoms with E-state index in [2.05, 4.69) is 5.32 Å². The summed E-state index contributed by atoms with van der Waals surface area (Å²) in [6, 6.07) is 13.2. The summed E-state index contributed by atoms with van der Waals surface area (Å²) in [6.07, 6.45) is -0.750. The first kappa shape index (κ1) is 17.0. The van der Waals surface area contributed by atoms with Gasteiger partial charge < -0.3 is 20.9 Å². The number of ketones is 1. The fourth-order valence-corrected chi connectivity index (χ4v) is 2.02. The second-order valence-electron chi connectivity index (χ2n) is 4.91. The molecular formula is C17H16N2O5. The number of aromatic carboxylic acids is 1. The van der Waals surface area contributed by atoms with Gasteiger partial charge in [0.25, 0.3) is 0 Å². The third-order valence-electron chi connectivity index (χ3n) is 3.24. The van der Waals surface area contributed by atoms with Crippen LogP contribution in [0.4, 0.5) is 10.5 Å². The number of alkyl carbamates (subject to hydrolysis) is 1. The van der Waals surface area contributed by atoms with Crippen molar-refractivity contribution in [2.24, 2.45) is 0 Å². The van der Waals surface area contributed by atoms with Gasteiger partial charge in [-0.05, 0) is 17.7 Å². The Kier molecular flexibility index (Phi) is 5.51. The summed E-state index contributed by atoms with van der Waals surface area (Å²) in [7, 11) is 0. The molecule has 0 saturated heterocycles. The summed E-state index contributed by atoms with van der Waals surface area (Å²) in [4.78, 5) is 34.7. The number of hydrogen-bond donors (Lipinski definition) is 3. The van der Waals surface area contributed by atoms with E-state index in [0.717, 1.165) is 5.56 Å². The Labute approximate surface area is 138 Å². The van der Waals surface area contributed by atoms with Crippen LogP contribution in [-0.4, -0.2) is 29.5 Å². The Bertz CT molecular complexity index is 759. The van der Waals surface area contributed by atoms with Gasteiger partial charge in [0.1, 0.15) is 6.61 Å². The standard InChI is InChI=1S/C17H16N2O5/c18-15-12(7-4-8-13(15)16(21)22)14(20)9-19-17(23)24-10-11-5-2-1-3-6-11/h1-8H,9-10,18H2,(H,19,23)(H,21,22). The van der Waals surface area contributed by atoms with Gasteiger partial charge in [-0.2, -0.15) is 0 Å². The predicted molar refractivity (Wildman–Crippen MR) is 86.8 cm³/mol. The molecule has 0 saturated carbocycles. The largest absolute Gasteiger partial charge is 0.478 e. The molecule has 0 heterocycles. The number of para-hydroxylation sites is 1. The topological polar surface area (TPSA) is 119 Å². The fraction of sp³-hybridized carbons (Fsp3) is 0.118. The highest BCUT2D eigenvalue weighted by Crippen LogP contribution is 2.18. The van der Waals surface area contributed by atoms with Crippen LogP contribution in [0.25, 0.3) is 0 Å². The van der Waals surface area contributed by atoms with E-state index in [0.29, 0.717) is 0 Å². The number of carbonyl (C=O) groups is 3. The summed E-state index contributed by atoms with van der Waals surface area (Å²) in [5.74, 6) is -1.73. The molecule has 0 aromatic heterocycles. The average Bonchev–Trinajstić information content (AvgIpc) is 2.58. The molecule has 7 nitrogen and oxygen atoms in total. The van der Waals surface area contributed by atoms with Crippen molar-refractivity contribution in [2.75, 3.05) is 12.3 Å². The first-order valence-corrected chi connectivity index (χ1v) is 7.08. The van der Waals surface area contributed by atoms with E-state index >= 15 is 0 Å². The Hall–Kier alpha value is -3.35. The van der Waals surface area contributed by atoms with Crippen molar-refractivity contribution in [3.63, 3.8) is 0 Å². The second kappa shape index (κ2) is 7.77. The lowest BCUT2D eigenvalue weighted by molar-refractivity contribution is 0.0698. The monoisotopic (exact) mass is 328 g/mol. The zero-order chi connectivity index (χ0) is 17.5. The van der Waals surface area contributed by atoms with Crippen LogP contribution in [0.5, 0.6) is 0 Å². The molecule has 24 heavy (non-hydrogen) atoms. The number of ether oxygens (including phenoxy) is 1. The van der Waals surface area contributed by atoms with Crippen LogP contribution in [0.2, 0.25) is 0 Å². The van der Waals surface area contributed by atoms with E-state index in [1.54, 1.807) is 12.1 Å². The number of benzene rings is 2. The SMILES string of the molecule is Nc1c(C(=O)O)cccc1C(=O)CNC(=O)OCc1ccccc1. The number of amides is 1. The van der Waals surface area contributed by atoms with Gasteiger partial charge in [0.15, 0.2) is 5.78 Å². The highest BCUT2D eigenvalue weighted by atomic mass is 16.5. The van der Waals surface area contributed by atoms with E-state index < -0.39 is 17.8 Å². The van der Waals surface area contributed by atoms with Gasteiger partial charge in [-0.3, -0.25) is 4.79 Å². The number of Topliss-reactive ketones (excluding diaryl/α,β-unsaturated/α-hetero) is 1. The molecule has 0 spiro atoms. The summed E-state index contributed by atoms with van der Waals surface area (Å²) >= 11 is 0. The maximum Gasteiger partial charge on any atom is 0.407 e. The molecule has 1 amide bonds. The van der Waals surface area contributed by atoms with Crippen molar-refractivity contribution in [3.8, 4) is 0 Å². The number of carboxylic acid groups (broad SMARTS) is 1. The maximum absolute atomic E-state index is 12.1. The molecule has 0 unspecified atom stereocenters. The predicted octanol–water partition coefficient (Wildman–Crippen LogP) is 2.08. The number of hydrogen-bond acceptors (Lipinski definition) is 5. The van der Waals surface area contributed by atoms with Crippen molar-refractivity contribution >= 4 is 23.5 Å². The lowest BCUT2D eigenvalue weighted by Gasteiger charge is -2.09.